The molecule has 110 valence electrons. The van der Waals surface area contributed by atoms with Crippen molar-refractivity contribution < 1.29 is 13.9 Å². The van der Waals surface area contributed by atoms with Gasteiger partial charge >= 0.3 is 0 Å². The molecule has 0 unspecified atom stereocenters. The molecule has 0 heterocycles. The number of halogens is 1. The zero-order valence-electron chi connectivity index (χ0n) is 11.9. The maximum atomic E-state index is 13.5. The van der Waals surface area contributed by atoms with Crippen LogP contribution in [0.5, 0.6) is 5.75 Å². The highest BCUT2D eigenvalue weighted by Crippen LogP contribution is 2.25. The summed E-state index contributed by atoms with van der Waals surface area (Å²) < 4.78 is 18.7. The zero-order valence-corrected chi connectivity index (χ0v) is 12.7. The number of rotatable bonds is 5. The number of hydrogen-bond acceptors (Lipinski definition) is 3. The first-order valence-corrected chi connectivity index (χ1v) is 7.62. The van der Waals surface area contributed by atoms with Gasteiger partial charge in [-0.15, -0.1) is 11.8 Å². The van der Waals surface area contributed by atoms with Crippen LogP contribution in [0.3, 0.4) is 0 Å². The number of carbonyl (C=O) groups is 1. The Balaban J connectivity index is 2.12. The maximum Gasteiger partial charge on any atom is 0.255 e. The molecule has 0 aliphatic rings. The quantitative estimate of drug-likeness (QED) is 0.859. The third kappa shape index (κ3) is 3.76. The molecule has 0 atom stereocenters. The summed E-state index contributed by atoms with van der Waals surface area (Å²) in [5, 5.41) is 2.70. The Morgan fingerprint density at radius 3 is 2.71 bits per heavy atom. The Morgan fingerprint density at radius 1 is 1.29 bits per heavy atom. The summed E-state index contributed by atoms with van der Waals surface area (Å²) in [6.45, 7) is 0.138. The Labute approximate surface area is 127 Å². The number of thioether (sulfide) groups is 1. The van der Waals surface area contributed by atoms with Crippen molar-refractivity contribution in [3.8, 4) is 5.75 Å². The number of carbonyl (C=O) groups excluding carboxylic acids is 1. The molecule has 0 saturated carbocycles. The summed E-state index contributed by atoms with van der Waals surface area (Å²) in [7, 11) is 1.52. The fourth-order valence-electron chi connectivity index (χ4n) is 1.90. The van der Waals surface area contributed by atoms with Gasteiger partial charge in [-0.05, 0) is 30.5 Å². The zero-order chi connectivity index (χ0) is 15.2. The van der Waals surface area contributed by atoms with Crippen molar-refractivity contribution in [1.29, 1.82) is 0 Å². The van der Waals surface area contributed by atoms with E-state index in [4.69, 9.17) is 4.74 Å². The first-order chi connectivity index (χ1) is 10.2. The topological polar surface area (TPSA) is 38.3 Å². The molecule has 0 bridgehead atoms. The van der Waals surface area contributed by atoms with Crippen molar-refractivity contribution in [1.82, 2.24) is 5.32 Å². The fourth-order valence-corrected chi connectivity index (χ4v) is 2.33. The van der Waals surface area contributed by atoms with Crippen LogP contribution in [-0.4, -0.2) is 19.3 Å². The van der Waals surface area contributed by atoms with Crippen LogP contribution in [0.4, 0.5) is 4.39 Å². The highest BCUT2D eigenvalue weighted by atomic mass is 32.2. The highest BCUT2D eigenvalue weighted by molar-refractivity contribution is 7.98. The molecule has 1 amide bonds. The van der Waals surface area contributed by atoms with Gasteiger partial charge in [0.2, 0.25) is 0 Å². The van der Waals surface area contributed by atoms with E-state index in [0.717, 1.165) is 4.90 Å². The SMILES string of the molecule is COc1cc(SC)ccc1C(=O)NCc1ccccc1F. The lowest BCUT2D eigenvalue weighted by Crippen LogP contribution is -2.23. The minimum atomic E-state index is -0.331. The Morgan fingerprint density at radius 2 is 2.05 bits per heavy atom. The molecule has 0 spiro atoms. The lowest BCUT2D eigenvalue weighted by atomic mass is 10.1. The molecule has 2 rings (SSSR count). The number of amides is 1. The number of methoxy groups -OCH3 is 1. The van der Waals surface area contributed by atoms with E-state index >= 15 is 0 Å². The third-order valence-corrected chi connectivity index (χ3v) is 3.78. The molecule has 2 aromatic rings. The number of nitrogens with one attached hydrogen (secondary N) is 1. The Bertz CT molecular complexity index is 646. The molecule has 1 N–H and O–H groups in total. The largest absolute Gasteiger partial charge is 0.496 e. The van der Waals surface area contributed by atoms with Crippen LogP contribution in [0.2, 0.25) is 0 Å². The van der Waals surface area contributed by atoms with Crippen LogP contribution < -0.4 is 10.1 Å². The van der Waals surface area contributed by atoms with E-state index in [9.17, 15) is 9.18 Å². The van der Waals surface area contributed by atoms with Crippen LogP contribution in [0, 0.1) is 5.82 Å². The molecule has 2 aromatic carbocycles. The van der Waals surface area contributed by atoms with Gasteiger partial charge in [-0.25, -0.2) is 4.39 Å². The van der Waals surface area contributed by atoms with E-state index in [1.54, 1.807) is 36.0 Å². The van der Waals surface area contributed by atoms with E-state index in [2.05, 4.69) is 5.32 Å². The van der Waals surface area contributed by atoms with Gasteiger partial charge < -0.3 is 10.1 Å². The lowest BCUT2D eigenvalue weighted by Gasteiger charge is -2.11. The van der Waals surface area contributed by atoms with Gasteiger partial charge in [-0.1, -0.05) is 18.2 Å². The molecular weight excluding hydrogens is 289 g/mol. The van der Waals surface area contributed by atoms with Crippen molar-refractivity contribution in [2.45, 2.75) is 11.4 Å². The van der Waals surface area contributed by atoms with Gasteiger partial charge in [-0.2, -0.15) is 0 Å². The Hall–Kier alpha value is -2.01. The van der Waals surface area contributed by atoms with Gasteiger partial charge in [0.15, 0.2) is 0 Å². The van der Waals surface area contributed by atoms with Crippen LogP contribution in [0.1, 0.15) is 15.9 Å². The van der Waals surface area contributed by atoms with Gasteiger partial charge in [0.25, 0.3) is 5.91 Å². The van der Waals surface area contributed by atoms with Crippen molar-refractivity contribution in [3.05, 3.63) is 59.4 Å². The molecule has 0 aliphatic carbocycles. The minimum absolute atomic E-state index is 0.138. The van der Waals surface area contributed by atoms with E-state index in [-0.39, 0.29) is 18.3 Å². The molecule has 0 saturated heterocycles. The fraction of sp³-hybridized carbons (Fsp3) is 0.188. The number of hydrogen-bond donors (Lipinski definition) is 1. The molecule has 0 aliphatic heterocycles. The van der Waals surface area contributed by atoms with Gasteiger partial charge in [0.1, 0.15) is 11.6 Å². The van der Waals surface area contributed by atoms with Crippen molar-refractivity contribution in [2.75, 3.05) is 13.4 Å². The van der Waals surface area contributed by atoms with E-state index in [1.165, 1.54) is 13.2 Å². The van der Waals surface area contributed by atoms with Gasteiger partial charge in [-0.3, -0.25) is 4.79 Å². The maximum absolute atomic E-state index is 13.5. The van der Waals surface area contributed by atoms with Crippen molar-refractivity contribution in [2.24, 2.45) is 0 Å². The second-order valence-corrected chi connectivity index (χ2v) is 5.22. The van der Waals surface area contributed by atoms with Crippen molar-refractivity contribution in [3.63, 3.8) is 0 Å². The smallest absolute Gasteiger partial charge is 0.255 e. The monoisotopic (exact) mass is 305 g/mol. The molecular formula is C16H16FNO2S. The summed E-state index contributed by atoms with van der Waals surface area (Å²) in [5.74, 6) is -0.113. The van der Waals surface area contributed by atoms with Crippen LogP contribution >= 0.6 is 11.8 Å². The summed E-state index contributed by atoms with van der Waals surface area (Å²) in [4.78, 5) is 13.2. The second kappa shape index (κ2) is 7.13. The van der Waals surface area contributed by atoms with E-state index in [0.29, 0.717) is 16.9 Å². The number of ether oxygens (including phenoxy) is 1. The predicted octanol–water partition coefficient (Wildman–Crippen LogP) is 3.49. The first-order valence-electron chi connectivity index (χ1n) is 6.39. The average molecular weight is 305 g/mol. The summed E-state index contributed by atoms with van der Waals surface area (Å²) in [5.41, 5.74) is 0.886. The normalized spacial score (nSPS) is 10.2. The molecule has 5 heteroatoms. The first kappa shape index (κ1) is 15.4. The predicted molar refractivity (Wildman–Crippen MR) is 82.3 cm³/mol. The van der Waals surface area contributed by atoms with Crippen LogP contribution in [0.25, 0.3) is 0 Å². The summed E-state index contributed by atoms with van der Waals surface area (Å²) >= 11 is 1.57. The lowest BCUT2D eigenvalue weighted by molar-refractivity contribution is 0.0947. The Kier molecular flexibility index (Phi) is 5.22. The summed E-state index contributed by atoms with van der Waals surface area (Å²) in [6, 6.07) is 11.7. The molecule has 0 aromatic heterocycles. The second-order valence-electron chi connectivity index (χ2n) is 4.34. The van der Waals surface area contributed by atoms with Gasteiger partial charge in [0.05, 0.1) is 12.7 Å². The molecule has 3 nitrogen and oxygen atoms in total. The standard InChI is InChI=1S/C16H16FNO2S/c1-20-15-9-12(21-2)7-8-13(15)16(19)18-10-11-5-3-4-6-14(11)17/h3-9H,10H2,1-2H3,(H,18,19). The molecule has 0 radical (unpaired) electrons. The average Bonchev–Trinajstić information content (AvgIpc) is 2.53. The summed E-state index contributed by atoms with van der Waals surface area (Å²) in [6.07, 6.45) is 1.95. The van der Waals surface area contributed by atoms with E-state index < -0.39 is 0 Å². The van der Waals surface area contributed by atoms with E-state index in [1.807, 2.05) is 18.4 Å². The minimum Gasteiger partial charge on any atom is -0.496 e. The molecule has 0 fully saturated rings. The van der Waals surface area contributed by atoms with Crippen LogP contribution in [0.15, 0.2) is 47.4 Å². The van der Waals surface area contributed by atoms with Crippen LogP contribution in [-0.2, 0) is 6.54 Å². The highest BCUT2D eigenvalue weighted by Gasteiger charge is 2.13. The molecule has 21 heavy (non-hydrogen) atoms. The van der Waals surface area contributed by atoms with Crippen molar-refractivity contribution >= 4 is 17.7 Å². The third-order valence-electron chi connectivity index (χ3n) is 3.05. The van der Waals surface area contributed by atoms with Gasteiger partial charge in [0, 0.05) is 17.0 Å². The number of benzene rings is 2.